The lowest BCUT2D eigenvalue weighted by molar-refractivity contribution is 0.868. The molecule has 0 aliphatic carbocycles. The Morgan fingerprint density at radius 1 is 1.44 bits per heavy atom. The minimum atomic E-state index is 0.547. The molecule has 0 aromatic carbocycles. The van der Waals surface area contributed by atoms with Crippen LogP contribution >= 0.6 is 61.5 Å². The normalized spacial score (nSPS) is 10.9. The molecule has 6 heteroatoms. The monoisotopic (exact) mass is 456 g/mol. The topological polar surface area (TPSA) is 25.8 Å². The third-order valence-corrected chi connectivity index (χ3v) is 6.30. The fourth-order valence-electron chi connectivity index (χ4n) is 1.55. The van der Waals surface area contributed by atoms with Crippen LogP contribution in [0.2, 0.25) is 5.15 Å². The van der Waals surface area contributed by atoms with E-state index in [-0.39, 0.29) is 0 Å². The van der Waals surface area contributed by atoms with Crippen molar-refractivity contribution in [2.24, 2.45) is 0 Å². The molecule has 0 N–H and O–H groups in total. The third-order valence-electron chi connectivity index (χ3n) is 2.44. The predicted octanol–water partition coefficient (Wildman–Crippen LogP) is 5.49. The first kappa shape index (κ1) is 14.7. The molecule has 0 amide bonds. The van der Waals surface area contributed by atoms with Crippen LogP contribution in [0.5, 0.6) is 0 Å². The van der Waals surface area contributed by atoms with Gasteiger partial charge in [-0.1, -0.05) is 24.9 Å². The summed E-state index contributed by atoms with van der Waals surface area (Å²) in [5.41, 5.74) is 1.04. The maximum atomic E-state index is 6.19. The average Bonchev–Trinajstić information content (AvgIpc) is 2.65. The van der Waals surface area contributed by atoms with Gasteiger partial charge in [0.15, 0.2) is 5.82 Å². The molecule has 0 bridgehead atoms. The van der Waals surface area contributed by atoms with Crippen LogP contribution in [0, 0.1) is 10.5 Å². The molecule has 0 saturated heterocycles. The molecule has 2 nitrogen and oxygen atoms in total. The van der Waals surface area contributed by atoms with E-state index in [0.717, 1.165) is 37.3 Å². The first-order valence-corrected chi connectivity index (χ1v) is 8.57. The lowest BCUT2D eigenvalue weighted by atomic mass is 10.2. The molecule has 0 atom stereocenters. The second-order valence-electron chi connectivity index (χ2n) is 3.86. The summed E-state index contributed by atoms with van der Waals surface area (Å²) < 4.78 is 2.06. The number of thiophene rings is 1. The number of nitrogens with zero attached hydrogens (tertiary/aromatic N) is 2. The second-order valence-corrected chi connectivity index (χ2v) is 7.41. The summed E-state index contributed by atoms with van der Waals surface area (Å²) >= 11 is 13.6. The molecular formula is C12H11BrClIN2S. The van der Waals surface area contributed by atoms with Crippen LogP contribution in [-0.4, -0.2) is 9.97 Å². The standard InChI is InChI=1S/C12H11BrClIN2S/c1-3-4-8-10(15)11(14)17-12(16-8)9-5-7(13)6(2)18-9/h5H,3-4H2,1-2H3. The van der Waals surface area contributed by atoms with Crippen LogP contribution in [0.25, 0.3) is 10.7 Å². The smallest absolute Gasteiger partial charge is 0.171 e. The molecule has 2 aromatic heterocycles. The number of halogens is 3. The molecule has 96 valence electrons. The van der Waals surface area contributed by atoms with Crippen LogP contribution in [0.15, 0.2) is 10.5 Å². The fourth-order valence-corrected chi connectivity index (χ4v) is 3.71. The van der Waals surface area contributed by atoms with Gasteiger partial charge in [-0.15, -0.1) is 11.3 Å². The zero-order valence-corrected chi connectivity index (χ0v) is 15.2. The second kappa shape index (κ2) is 6.15. The van der Waals surface area contributed by atoms with E-state index in [1.807, 2.05) is 6.07 Å². The van der Waals surface area contributed by atoms with Gasteiger partial charge >= 0.3 is 0 Å². The molecule has 0 saturated carbocycles. The summed E-state index contributed by atoms with van der Waals surface area (Å²) in [5.74, 6) is 0.725. The molecule has 0 radical (unpaired) electrons. The molecule has 2 aromatic rings. The summed E-state index contributed by atoms with van der Waals surface area (Å²) in [6.07, 6.45) is 1.98. The van der Waals surface area contributed by atoms with Crippen molar-refractivity contribution in [3.8, 4) is 10.7 Å². The van der Waals surface area contributed by atoms with Gasteiger partial charge in [-0.05, 0) is 57.9 Å². The third kappa shape index (κ3) is 3.05. The molecule has 0 aliphatic rings. The highest BCUT2D eigenvalue weighted by molar-refractivity contribution is 14.1. The van der Waals surface area contributed by atoms with Crippen molar-refractivity contribution in [3.63, 3.8) is 0 Å². The first-order valence-electron chi connectivity index (χ1n) is 5.51. The number of rotatable bonds is 3. The van der Waals surface area contributed by atoms with Crippen molar-refractivity contribution in [3.05, 3.63) is 29.8 Å². The first-order chi connectivity index (χ1) is 8.52. The van der Waals surface area contributed by atoms with Gasteiger partial charge in [-0.2, -0.15) is 0 Å². The molecule has 2 rings (SSSR count). The van der Waals surface area contributed by atoms with Gasteiger partial charge in [0.25, 0.3) is 0 Å². The Labute approximate surface area is 137 Å². The Bertz CT molecular complexity index is 566. The van der Waals surface area contributed by atoms with Crippen LogP contribution in [0.1, 0.15) is 23.9 Å². The molecule has 0 spiro atoms. The van der Waals surface area contributed by atoms with Gasteiger partial charge in [0, 0.05) is 9.35 Å². The Morgan fingerprint density at radius 2 is 2.17 bits per heavy atom. The highest BCUT2D eigenvalue weighted by Gasteiger charge is 2.14. The van der Waals surface area contributed by atoms with Crippen molar-refractivity contribution in [2.45, 2.75) is 26.7 Å². The minimum Gasteiger partial charge on any atom is -0.231 e. The summed E-state index contributed by atoms with van der Waals surface area (Å²) in [6, 6.07) is 2.05. The highest BCUT2D eigenvalue weighted by atomic mass is 127. The Kier molecular flexibility index (Phi) is 5.02. The Morgan fingerprint density at radius 3 is 2.72 bits per heavy atom. The van der Waals surface area contributed by atoms with Crippen LogP contribution < -0.4 is 0 Å². The summed E-state index contributed by atoms with van der Waals surface area (Å²) in [6.45, 7) is 4.21. The van der Waals surface area contributed by atoms with E-state index < -0.39 is 0 Å². The molecule has 0 aliphatic heterocycles. The number of hydrogen-bond donors (Lipinski definition) is 0. The highest BCUT2D eigenvalue weighted by Crippen LogP contribution is 2.33. The lowest BCUT2D eigenvalue weighted by Gasteiger charge is -2.06. The van der Waals surface area contributed by atoms with Crippen molar-refractivity contribution in [2.75, 3.05) is 0 Å². The van der Waals surface area contributed by atoms with E-state index in [1.54, 1.807) is 11.3 Å². The molecule has 0 unspecified atom stereocenters. The maximum absolute atomic E-state index is 6.19. The largest absolute Gasteiger partial charge is 0.231 e. The van der Waals surface area contributed by atoms with Crippen LogP contribution in [0.3, 0.4) is 0 Å². The zero-order valence-electron chi connectivity index (χ0n) is 9.93. The summed E-state index contributed by atoms with van der Waals surface area (Å²) in [7, 11) is 0. The summed E-state index contributed by atoms with van der Waals surface area (Å²) in [5, 5.41) is 0.547. The maximum Gasteiger partial charge on any atom is 0.171 e. The van der Waals surface area contributed by atoms with Gasteiger partial charge in [-0.25, -0.2) is 9.97 Å². The van der Waals surface area contributed by atoms with E-state index in [0.29, 0.717) is 5.15 Å². The van der Waals surface area contributed by atoms with Gasteiger partial charge in [0.05, 0.1) is 14.1 Å². The van der Waals surface area contributed by atoms with Crippen LogP contribution in [-0.2, 0) is 6.42 Å². The van der Waals surface area contributed by atoms with Crippen molar-refractivity contribution >= 4 is 61.5 Å². The fraction of sp³-hybridized carbons (Fsp3) is 0.333. The van der Waals surface area contributed by atoms with Crippen molar-refractivity contribution < 1.29 is 0 Å². The van der Waals surface area contributed by atoms with Crippen molar-refractivity contribution in [1.29, 1.82) is 0 Å². The number of aryl methyl sites for hydroxylation is 2. The van der Waals surface area contributed by atoms with E-state index in [2.05, 4.69) is 62.3 Å². The molecule has 2 heterocycles. The van der Waals surface area contributed by atoms with E-state index >= 15 is 0 Å². The minimum absolute atomic E-state index is 0.547. The summed E-state index contributed by atoms with van der Waals surface area (Å²) in [4.78, 5) is 11.3. The number of aromatic nitrogens is 2. The van der Waals surface area contributed by atoms with E-state index in [1.165, 1.54) is 4.88 Å². The quantitative estimate of drug-likeness (QED) is 0.450. The lowest BCUT2D eigenvalue weighted by Crippen LogP contribution is -1.99. The Balaban J connectivity index is 2.51. The van der Waals surface area contributed by atoms with E-state index in [4.69, 9.17) is 11.6 Å². The number of hydrogen-bond acceptors (Lipinski definition) is 3. The van der Waals surface area contributed by atoms with Crippen molar-refractivity contribution in [1.82, 2.24) is 9.97 Å². The molecule has 0 fully saturated rings. The van der Waals surface area contributed by atoms with Crippen LogP contribution in [0.4, 0.5) is 0 Å². The Hall–Kier alpha value is 0.280. The molecular weight excluding hydrogens is 446 g/mol. The predicted molar refractivity (Wildman–Crippen MR) is 89.5 cm³/mol. The van der Waals surface area contributed by atoms with E-state index in [9.17, 15) is 0 Å². The van der Waals surface area contributed by atoms with Gasteiger partial charge in [0.2, 0.25) is 0 Å². The van der Waals surface area contributed by atoms with Gasteiger partial charge in [0.1, 0.15) is 5.15 Å². The van der Waals surface area contributed by atoms with Gasteiger partial charge < -0.3 is 0 Å². The average molecular weight is 458 g/mol. The zero-order chi connectivity index (χ0) is 13.3. The SMILES string of the molecule is CCCc1nc(-c2cc(Br)c(C)s2)nc(Cl)c1I. The molecule has 18 heavy (non-hydrogen) atoms. The van der Waals surface area contributed by atoms with Gasteiger partial charge in [-0.3, -0.25) is 0 Å².